The molecule has 0 saturated heterocycles. The van der Waals surface area contributed by atoms with Crippen LogP contribution in [0.4, 0.5) is 0 Å². The summed E-state index contributed by atoms with van der Waals surface area (Å²) in [6, 6.07) is 1.90. The molecule has 0 aliphatic carbocycles. The number of aromatic amines is 2. The quantitative estimate of drug-likeness (QED) is 0.784. The van der Waals surface area contributed by atoms with Crippen molar-refractivity contribution in [2.24, 2.45) is 0 Å². The molecule has 0 aliphatic rings. The Morgan fingerprint density at radius 3 is 3.06 bits per heavy atom. The summed E-state index contributed by atoms with van der Waals surface area (Å²) in [5, 5.41) is 0. The molecule has 0 atom stereocenters. The molecule has 0 saturated carbocycles. The molecule has 0 amide bonds. The minimum atomic E-state index is -0.138. The normalized spacial score (nSPS) is 11.5. The number of rotatable bonds is 5. The SMILES string of the molecule is COCCN(C)Cc1cc2nc[nH]c(=O)c2[nH]1. The van der Waals surface area contributed by atoms with Crippen molar-refractivity contribution >= 4 is 11.0 Å². The molecule has 0 fully saturated rings. The second-order valence-corrected chi connectivity index (χ2v) is 4.02. The fourth-order valence-corrected chi connectivity index (χ4v) is 1.71. The van der Waals surface area contributed by atoms with Gasteiger partial charge in [-0.05, 0) is 13.1 Å². The van der Waals surface area contributed by atoms with Gasteiger partial charge in [-0.2, -0.15) is 0 Å². The maximum atomic E-state index is 11.5. The molecule has 2 aromatic heterocycles. The first kappa shape index (κ1) is 11.8. The van der Waals surface area contributed by atoms with E-state index in [1.54, 1.807) is 7.11 Å². The molecule has 2 rings (SSSR count). The molecule has 0 aliphatic heterocycles. The predicted molar refractivity (Wildman–Crippen MR) is 64.9 cm³/mol. The first-order valence-corrected chi connectivity index (χ1v) is 5.43. The van der Waals surface area contributed by atoms with Gasteiger partial charge in [-0.3, -0.25) is 9.69 Å². The van der Waals surface area contributed by atoms with Crippen LogP contribution in [0, 0.1) is 0 Å². The fourth-order valence-electron chi connectivity index (χ4n) is 1.71. The van der Waals surface area contributed by atoms with Gasteiger partial charge >= 0.3 is 0 Å². The number of hydrogen-bond donors (Lipinski definition) is 2. The summed E-state index contributed by atoms with van der Waals surface area (Å²) in [5.41, 5.74) is 2.06. The van der Waals surface area contributed by atoms with Gasteiger partial charge in [0.05, 0.1) is 18.5 Å². The summed E-state index contributed by atoms with van der Waals surface area (Å²) in [6.45, 7) is 2.27. The van der Waals surface area contributed by atoms with Gasteiger partial charge in [0.15, 0.2) is 0 Å². The predicted octanol–water partition coefficient (Wildman–Crippen LogP) is 0.329. The number of H-pyrrole nitrogens is 2. The third kappa shape index (κ3) is 2.72. The van der Waals surface area contributed by atoms with Crippen LogP contribution in [0.15, 0.2) is 17.2 Å². The summed E-state index contributed by atoms with van der Waals surface area (Å²) in [6.07, 6.45) is 1.41. The van der Waals surface area contributed by atoms with E-state index >= 15 is 0 Å². The molecular weight excluding hydrogens is 220 g/mol. The monoisotopic (exact) mass is 236 g/mol. The van der Waals surface area contributed by atoms with Crippen molar-refractivity contribution in [3.63, 3.8) is 0 Å². The molecule has 0 spiro atoms. The fraction of sp³-hybridized carbons (Fsp3) is 0.455. The van der Waals surface area contributed by atoms with Crippen molar-refractivity contribution < 1.29 is 4.74 Å². The van der Waals surface area contributed by atoms with Crippen LogP contribution >= 0.6 is 0 Å². The Balaban J connectivity index is 2.14. The highest BCUT2D eigenvalue weighted by atomic mass is 16.5. The van der Waals surface area contributed by atoms with Gasteiger partial charge in [0, 0.05) is 25.9 Å². The third-order valence-corrected chi connectivity index (χ3v) is 2.60. The molecule has 0 bridgehead atoms. The number of nitrogens with zero attached hydrogens (tertiary/aromatic N) is 2. The van der Waals surface area contributed by atoms with Crippen LogP contribution in [0.25, 0.3) is 11.0 Å². The van der Waals surface area contributed by atoms with Crippen LogP contribution in [0.3, 0.4) is 0 Å². The zero-order valence-corrected chi connectivity index (χ0v) is 9.99. The van der Waals surface area contributed by atoms with Gasteiger partial charge in [-0.25, -0.2) is 4.98 Å². The van der Waals surface area contributed by atoms with Crippen molar-refractivity contribution in [3.8, 4) is 0 Å². The minimum absolute atomic E-state index is 0.138. The van der Waals surface area contributed by atoms with Gasteiger partial charge in [-0.1, -0.05) is 0 Å². The van der Waals surface area contributed by atoms with Crippen LogP contribution in [0.2, 0.25) is 0 Å². The molecular formula is C11H16N4O2. The standard InChI is InChI=1S/C11H16N4O2/c1-15(3-4-17-2)6-8-5-9-10(14-8)11(16)13-7-12-9/h5,7,14H,3-4,6H2,1-2H3,(H,12,13,16). The maximum absolute atomic E-state index is 11.5. The van der Waals surface area contributed by atoms with E-state index in [-0.39, 0.29) is 5.56 Å². The number of nitrogens with one attached hydrogen (secondary N) is 2. The summed E-state index contributed by atoms with van der Waals surface area (Å²) in [4.78, 5) is 23.3. The summed E-state index contributed by atoms with van der Waals surface area (Å²) in [5.74, 6) is 0. The lowest BCUT2D eigenvalue weighted by atomic mass is 10.4. The lowest BCUT2D eigenvalue weighted by Gasteiger charge is -2.14. The number of fused-ring (bicyclic) bond motifs is 1. The lowest BCUT2D eigenvalue weighted by molar-refractivity contribution is 0.158. The number of aromatic nitrogens is 3. The Bertz CT molecular complexity index is 546. The van der Waals surface area contributed by atoms with Crippen molar-refractivity contribution in [2.45, 2.75) is 6.54 Å². The van der Waals surface area contributed by atoms with Crippen LogP contribution in [-0.2, 0) is 11.3 Å². The molecule has 0 aromatic carbocycles. The minimum Gasteiger partial charge on any atom is -0.383 e. The Labute approximate surface area is 98.6 Å². The van der Waals surface area contributed by atoms with Gasteiger partial charge < -0.3 is 14.7 Å². The lowest BCUT2D eigenvalue weighted by Crippen LogP contribution is -2.22. The summed E-state index contributed by atoms with van der Waals surface area (Å²) < 4.78 is 5.01. The van der Waals surface area contributed by atoms with E-state index < -0.39 is 0 Å². The third-order valence-electron chi connectivity index (χ3n) is 2.60. The van der Waals surface area contributed by atoms with E-state index in [0.29, 0.717) is 17.6 Å². The second-order valence-electron chi connectivity index (χ2n) is 4.02. The van der Waals surface area contributed by atoms with Gasteiger partial charge in [-0.15, -0.1) is 0 Å². The largest absolute Gasteiger partial charge is 0.383 e. The first-order valence-electron chi connectivity index (χ1n) is 5.43. The Hall–Kier alpha value is -1.66. The van der Waals surface area contributed by atoms with E-state index in [0.717, 1.165) is 18.8 Å². The van der Waals surface area contributed by atoms with E-state index in [2.05, 4.69) is 19.9 Å². The topological polar surface area (TPSA) is 74.0 Å². The maximum Gasteiger partial charge on any atom is 0.275 e. The summed E-state index contributed by atoms with van der Waals surface area (Å²) in [7, 11) is 3.68. The molecule has 92 valence electrons. The average molecular weight is 236 g/mol. The molecule has 2 heterocycles. The van der Waals surface area contributed by atoms with E-state index in [9.17, 15) is 4.79 Å². The van der Waals surface area contributed by atoms with Gasteiger partial charge in [0.2, 0.25) is 0 Å². The molecule has 6 nitrogen and oxygen atoms in total. The van der Waals surface area contributed by atoms with Crippen LogP contribution in [0.5, 0.6) is 0 Å². The van der Waals surface area contributed by atoms with E-state index in [4.69, 9.17) is 4.74 Å². The van der Waals surface area contributed by atoms with Crippen LogP contribution < -0.4 is 5.56 Å². The number of likely N-dealkylation sites (N-methyl/N-ethyl adjacent to an activating group) is 1. The molecule has 2 aromatic rings. The molecule has 2 N–H and O–H groups in total. The zero-order valence-electron chi connectivity index (χ0n) is 9.99. The number of hydrogen-bond acceptors (Lipinski definition) is 4. The number of methoxy groups -OCH3 is 1. The summed E-state index contributed by atoms with van der Waals surface area (Å²) >= 11 is 0. The van der Waals surface area contributed by atoms with Crippen molar-refractivity contribution in [1.29, 1.82) is 0 Å². The van der Waals surface area contributed by atoms with Gasteiger partial charge in [0.1, 0.15) is 5.52 Å². The first-order chi connectivity index (χ1) is 8.20. The Morgan fingerprint density at radius 1 is 1.53 bits per heavy atom. The highest BCUT2D eigenvalue weighted by Gasteiger charge is 2.06. The van der Waals surface area contributed by atoms with Crippen molar-refractivity contribution in [3.05, 3.63) is 28.4 Å². The smallest absolute Gasteiger partial charge is 0.275 e. The Morgan fingerprint density at radius 2 is 2.35 bits per heavy atom. The zero-order chi connectivity index (χ0) is 12.3. The van der Waals surface area contributed by atoms with Crippen molar-refractivity contribution in [1.82, 2.24) is 19.9 Å². The molecule has 0 unspecified atom stereocenters. The van der Waals surface area contributed by atoms with Gasteiger partial charge in [0.25, 0.3) is 5.56 Å². The highest BCUT2D eigenvalue weighted by Crippen LogP contribution is 2.09. The average Bonchev–Trinajstić information content (AvgIpc) is 2.70. The molecule has 0 radical (unpaired) electrons. The van der Waals surface area contributed by atoms with E-state index in [1.165, 1.54) is 6.33 Å². The van der Waals surface area contributed by atoms with Crippen molar-refractivity contribution in [2.75, 3.05) is 27.3 Å². The highest BCUT2D eigenvalue weighted by molar-refractivity contribution is 5.74. The van der Waals surface area contributed by atoms with E-state index in [1.807, 2.05) is 13.1 Å². The van der Waals surface area contributed by atoms with Crippen LogP contribution in [-0.4, -0.2) is 47.2 Å². The number of ether oxygens (including phenoxy) is 1. The Kier molecular flexibility index (Phi) is 3.55. The van der Waals surface area contributed by atoms with Crippen LogP contribution in [0.1, 0.15) is 5.69 Å². The second kappa shape index (κ2) is 5.11. The molecule has 17 heavy (non-hydrogen) atoms. The molecule has 6 heteroatoms.